The van der Waals surface area contributed by atoms with Crippen LogP contribution in [0.15, 0.2) is 29.6 Å². The summed E-state index contributed by atoms with van der Waals surface area (Å²) in [4.78, 5) is 17.9. The number of urea groups is 1. The summed E-state index contributed by atoms with van der Waals surface area (Å²) in [7, 11) is 1.66. The van der Waals surface area contributed by atoms with Crippen molar-refractivity contribution < 1.29 is 9.90 Å². The first-order valence-corrected chi connectivity index (χ1v) is 7.56. The van der Waals surface area contributed by atoms with Gasteiger partial charge in [-0.2, -0.15) is 0 Å². The predicted octanol–water partition coefficient (Wildman–Crippen LogP) is 2.96. The number of nitrogens with one attached hydrogen (secondary N) is 1. The number of carbonyl (C=O) groups excluding carboxylic acids is 1. The molecule has 1 aromatic carbocycles. The van der Waals surface area contributed by atoms with E-state index in [2.05, 4.69) is 10.3 Å². The normalized spacial score (nSPS) is 12.0. The summed E-state index contributed by atoms with van der Waals surface area (Å²) in [6.45, 7) is 3.69. The topological polar surface area (TPSA) is 65.5 Å². The second-order valence-electron chi connectivity index (χ2n) is 4.90. The van der Waals surface area contributed by atoms with Crippen LogP contribution in [-0.2, 0) is 0 Å². The zero-order valence-corrected chi connectivity index (χ0v) is 13.1. The summed E-state index contributed by atoms with van der Waals surface area (Å²) in [6, 6.07) is 7.09. The summed E-state index contributed by atoms with van der Waals surface area (Å²) in [5.74, 6) is 0. The number of benzene rings is 1. The molecular weight excluding hydrogens is 286 g/mol. The lowest BCUT2D eigenvalue weighted by Gasteiger charge is -2.23. The van der Waals surface area contributed by atoms with Crippen LogP contribution in [0.4, 0.5) is 10.5 Å². The van der Waals surface area contributed by atoms with Gasteiger partial charge in [0.25, 0.3) is 0 Å². The Hall–Kier alpha value is -1.92. The van der Waals surface area contributed by atoms with Gasteiger partial charge in [0.15, 0.2) is 0 Å². The molecular formula is C15H19N3O2S. The van der Waals surface area contributed by atoms with Crippen molar-refractivity contribution >= 4 is 23.1 Å². The Kier molecular flexibility index (Phi) is 4.93. The van der Waals surface area contributed by atoms with Gasteiger partial charge in [0, 0.05) is 23.7 Å². The number of rotatable bonds is 4. The summed E-state index contributed by atoms with van der Waals surface area (Å²) >= 11 is 1.61. The predicted molar refractivity (Wildman–Crippen MR) is 85.6 cm³/mol. The number of anilines is 1. The number of aryl methyl sites for hydroxylation is 1. The minimum Gasteiger partial charge on any atom is -0.394 e. The average molecular weight is 305 g/mol. The Morgan fingerprint density at radius 3 is 2.62 bits per heavy atom. The molecule has 1 atom stereocenters. The van der Waals surface area contributed by atoms with E-state index in [-0.39, 0.29) is 18.7 Å². The standard InChI is InChI=1S/C15H19N3O2S/c1-10(8-19)18(3)15(20)17-13-6-4-12(5-7-13)14-9-21-11(2)16-14/h4-7,9-10,19H,8H2,1-3H3,(H,17,20). The van der Waals surface area contributed by atoms with Gasteiger partial charge in [-0.1, -0.05) is 12.1 Å². The molecule has 1 heterocycles. The Morgan fingerprint density at radius 2 is 2.10 bits per heavy atom. The molecule has 21 heavy (non-hydrogen) atoms. The minimum atomic E-state index is -0.242. The Bertz CT molecular complexity index is 610. The molecule has 2 aromatic rings. The quantitative estimate of drug-likeness (QED) is 0.912. The van der Waals surface area contributed by atoms with Gasteiger partial charge in [0.1, 0.15) is 0 Å². The third-order valence-electron chi connectivity index (χ3n) is 3.30. The van der Waals surface area contributed by atoms with Crippen molar-refractivity contribution in [3.63, 3.8) is 0 Å². The van der Waals surface area contributed by atoms with Crippen LogP contribution < -0.4 is 5.32 Å². The highest BCUT2D eigenvalue weighted by Crippen LogP contribution is 2.23. The third kappa shape index (κ3) is 3.80. The molecule has 2 N–H and O–H groups in total. The van der Waals surface area contributed by atoms with E-state index in [1.54, 1.807) is 25.3 Å². The van der Waals surface area contributed by atoms with Crippen molar-refractivity contribution in [3.8, 4) is 11.3 Å². The number of nitrogens with zero attached hydrogens (tertiary/aromatic N) is 2. The van der Waals surface area contributed by atoms with E-state index in [1.165, 1.54) is 4.90 Å². The van der Waals surface area contributed by atoms with Crippen LogP contribution in [0, 0.1) is 6.92 Å². The van der Waals surface area contributed by atoms with Gasteiger partial charge in [0.05, 0.1) is 23.4 Å². The van der Waals surface area contributed by atoms with Gasteiger partial charge in [-0.25, -0.2) is 9.78 Å². The van der Waals surface area contributed by atoms with Gasteiger partial charge in [-0.05, 0) is 26.0 Å². The highest BCUT2D eigenvalue weighted by Gasteiger charge is 2.14. The number of hydrogen-bond acceptors (Lipinski definition) is 4. The largest absolute Gasteiger partial charge is 0.394 e. The zero-order chi connectivity index (χ0) is 15.4. The van der Waals surface area contributed by atoms with Gasteiger partial charge in [-0.3, -0.25) is 0 Å². The number of hydrogen-bond donors (Lipinski definition) is 2. The molecule has 0 spiro atoms. The minimum absolute atomic E-state index is 0.0635. The molecule has 2 amide bonds. The molecule has 0 fully saturated rings. The van der Waals surface area contributed by atoms with Crippen LogP contribution in [0.1, 0.15) is 11.9 Å². The molecule has 6 heteroatoms. The van der Waals surface area contributed by atoms with Crippen molar-refractivity contribution in [2.24, 2.45) is 0 Å². The van der Waals surface area contributed by atoms with Crippen LogP contribution in [0.3, 0.4) is 0 Å². The van der Waals surface area contributed by atoms with E-state index in [4.69, 9.17) is 5.11 Å². The van der Waals surface area contributed by atoms with E-state index < -0.39 is 0 Å². The van der Waals surface area contributed by atoms with Crippen LogP contribution in [-0.4, -0.2) is 40.7 Å². The number of aliphatic hydroxyl groups excluding tert-OH is 1. The maximum Gasteiger partial charge on any atom is 0.321 e. The molecule has 2 rings (SSSR count). The van der Waals surface area contributed by atoms with Gasteiger partial charge >= 0.3 is 6.03 Å². The van der Waals surface area contributed by atoms with Crippen molar-refractivity contribution in [2.45, 2.75) is 19.9 Å². The number of amides is 2. The summed E-state index contributed by atoms with van der Waals surface area (Å²) in [6.07, 6.45) is 0. The van der Waals surface area contributed by atoms with E-state index >= 15 is 0 Å². The fraction of sp³-hybridized carbons (Fsp3) is 0.333. The monoisotopic (exact) mass is 305 g/mol. The highest BCUT2D eigenvalue weighted by atomic mass is 32.1. The zero-order valence-electron chi connectivity index (χ0n) is 12.3. The van der Waals surface area contributed by atoms with Crippen LogP contribution in [0.5, 0.6) is 0 Å². The summed E-state index contributed by atoms with van der Waals surface area (Å²) < 4.78 is 0. The molecule has 0 aliphatic rings. The molecule has 1 unspecified atom stereocenters. The van der Waals surface area contributed by atoms with Crippen molar-refractivity contribution in [1.29, 1.82) is 0 Å². The Morgan fingerprint density at radius 1 is 1.43 bits per heavy atom. The first-order chi connectivity index (χ1) is 10.0. The van der Waals surface area contributed by atoms with Gasteiger partial charge < -0.3 is 15.3 Å². The van der Waals surface area contributed by atoms with Crippen LogP contribution >= 0.6 is 11.3 Å². The van der Waals surface area contributed by atoms with Gasteiger partial charge in [-0.15, -0.1) is 11.3 Å². The Labute approximate surface area is 128 Å². The Balaban J connectivity index is 2.04. The molecule has 5 nitrogen and oxygen atoms in total. The molecule has 0 aliphatic carbocycles. The SMILES string of the molecule is Cc1nc(-c2ccc(NC(=O)N(C)C(C)CO)cc2)cs1. The molecule has 1 aromatic heterocycles. The molecule has 112 valence electrons. The number of aromatic nitrogens is 1. The van der Waals surface area contributed by atoms with Crippen molar-refractivity contribution in [3.05, 3.63) is 34.7 Å². The fourth-order valence-corrected chi connectivity index (χ4v) is 2.38. The number of carbonyl (C=O) groups is 1. The fourth-order valence-electron chi connectivity index (χ4n) is 1.75. The number of likely N-dealkylation sites (N-methyl/N-ethyl adjacent to an activating group) is 1. The maximum atomic E-state index is 12.0. The molecule has 0 radical (unpaired) electrons. The third-order valence-corrected chi connectivity index (χ3v) is 4.07. The first-order valence-electron chi connectivity index (χ1n) is 6.68. The second kappa shape index (κ2) is 6.69. The second-order valence-corrected chi connectivity index (χ2v) is 5.96. The lowest BCUT2D eigenvalue weighted by Crippen LogP contribution is -2.40. The van der Waals surface area contributed by atoms with Crippen molar-refractivity contribution in [1.82, 2.24) is 9.88 Å². The summed E-state index contributed by atoms with van der Waals surface area (Å²) in [5.41, 5.74) is 2.68. The smallest absolute Gasteiger partial charge is 0.321 e. The number of thiazole rings is 1. The van der Waals surface area contributed by atoms with E-state index in [0.717, 1.165) is 16.3 Å². The lowest BCUT2D eigenvalue weighted by atomic mass is 10.1. The average Bonchev–Trinajstić information content (AvgIpc) is 2.93. The molecule has 0 aliphatic heterocycles. The number of aliphatic hydroxyl groups is 1. The maximum absolute atomic E-state index is 12.0. The van der Waals surface area contributed by atoms with E-state index in [1.807, 2.05) is 36.6 Å². The molecule has 0 saturated carbocycles. The van der Waals surface area contributed by atoms with Gasteiger partial charge in [0.2, 0.25) is 0 Å². The highest BCUT2D eigenvalue weighted by molar-refractivity contribution is 7.09. The van der Waals surface area contributed by atoms with Crippen LogP contribution in [0.2, 0.25) is 0 Å². The van der Waals surface area contributed by atoms with Crippen LogP contribution in [0.25, 0.3) is 11.3 Å². The summed E-state index contributed by atoms with van der Waals surface area (Å²) in [5, 5.41) is 14.9. The first kappa shape index (κ1) is 15.5. The van der Waals surface area contributed by atoms with Crippen molar-refractivity contribution in [2.75, 3.05) is 19.0 Å². The lowest BCUT2D eigenvalue weighted by molar-refractivity contribution is 0.166. The van der Waals surface area contributed by atoms with E-state index in [0.29, 0.717) is 5.69 Å². The molecule has 0 saturated heterocycles. The van der Waals surface area contributed by atoms with E-state index in [9.17, 15) is 4.79 Å². The molecule has 0 bridgehead atoms.